The molecule has 0 atom stereocenters. The molecule has 6 heteroatoms. The molecule has 4 aromatic rings. The zero-order valence-corrected chi connectivity index (χ0v) is 15.6. The van der Waals surface area contributed by atoms with E-state index in [4.69, 9.17) is 4.52 Å². The van der Waals surface area contributed by atoms with Crippen molar-refractivity contribution >= 4 is 16.9 Å². The average molecular weight is 372 g/mol. The van der Waals surface area contributed by atoms with Crippen LogP contribution in [0.3, 0.4) is 0 Å². The lowest BCUT2D eigenvalue weighted by atomic mass is 9.98. The lowest BCUT2D eigenvalue weighted by Gasteiger charge is -2.14. The molecule has 140 valence electrons. The molecule has 0 aliphatic carbocycles. The molecule has 1 N–H and O–H groups in total. The standard InChI is InChI=1S/C22H20N4O2/c1-14-6-2-3-7-16(14)19-13-25-28-20(19)18-12-24-21-17(18)10-15(11-23-21)22(27)26-8-4-5-9-26/h2-3,6-7,10-13H,4-5,8-9H2,1H3,(H,23,24). The molecule has 1 fully saturated rings. The molecular formula is C22H20N4O2. The number of aromatic nitrogens is 3. The van der Waals surface area contributed by atoms with E-state index in [0.717, 1.165) is 59.2 Å². The average Bonchev–Trinajstić information content (AvgIpc) is 3.47. The van der Waals surface area contributed by atoms with Crippen molar-refractivity contribution in [1.82, 2.24) is 20.0 Å². The molecular weight excluding hydrogens is 352 g/mol. The van der Waals surface area contributed by atoms with Gasteiger partial charge in [-0.15, -0.1) is 0 Å². The summed E-state index contributed by atoms with van der Waals surface area (Å²) in [6.07, 6.45) is 7.38. The van der Waals surface area contributed by atoms with Crippen LogP contribution >= 0.6 is 0 Å². The predicted octanol–water partition coefficient (Wildman–Crippen LogP) is 4.43. The minimum atomic E-state index is 0.0377. The lowest BCUT2D eigenvalue weighted by molar-refractivity contribution is 0.0792. The largest absolute Gasteiger partial charge is 0.356 e. The first kappa shape index (κ1) is 16.7. The van der Waals surface area contributed by atoms with Crippen LogP contribution in [0.25, 0.3) is 33.5 Å². The summed E-state index contributed by atoms with van der Waals surface area (Å²) < 4.78 is 5.63. The van der Waals surface area contributed by atoms with Crippen LogP contribution in [0.4, 0.5) is 0 Å². The fourth-order valence-electron chi connectivity index (χ4n) is 3.91. The van der Waals surface area contributed by atoms with Gasteiger partial charge in [0.15, 0.2) is 5.76 Å². The quantitative estimate of drug-likeness (QED) is 0.577. The first-order chi connectivity index (χ1) is 13.7. The van der Waals surface area contributed by atoms with E-state index in [0.29, 0.717) is 11.3 Å². The number of hydrogen-bond acceptors (Lipinski definition) is 4. The highest BCUT2D eigenvalue weighted by atomic mass is 16.5. The number of hydrogen-bond donors (Lipinski definition) is 1. The number of fused-ring (bicyclic) bond motifs is 1. The van der Waals surface area contributed by atoms with E-state index in [2.05, 4.69) is 34.2 Å². The second-order valence-electron chi connectivity index (χ2n) is 7.21. The molecule has 6 nitrogen and oxygen atoms in total. The Morgan fingerprint density at radius 2 is 1.93 bits per heavy atom. The normalized spacial score (nSPS) is 14.1. The predicted molar refractivity (Wildman–Crippen MR) is 107 cm³/mol. The van der Waals surface area contributed by atoms with Gasteiger partial charge in [0.25, 0.3) is 5.91 Å². The van der Waals surface area contributed by atoms with Crippen molar-refractivity contribution in [3.05, 3.63) is 60.0 Å². The van der Waals surface area contributed by atoms with Gasteiger partial charge in [-0.1, -0.05) is 29.4 Å². The van der Waals surface area contributed by atoms with Crippen LogP contribution in [0.5, 0.6) is 0 Å². The Morgan fingerprint density at radius 3 is 2.75 bits per heavy atom. The number of aromatic amines is 1. The Balaban J connectivity index is 1.61. The minimum Gasteiger partial charge on any atom is -0.356 e. The number of amides is 1. The van der Waals surface area contributed by atoms with Crippen LogP contribution in [0.15, 0.2) is 53.4 Å². The third kappa shape index (κ3) is 2.69. The van der Waals surface area contributed by atoms with Gasteiger partial charge in [-0.25, -0.2) is 4.98 Å². The van der Waals surface area contributed by atoms with Crippen molar-refractivity contribution in [1.29, 1.82) is 0 Å². The molecule has 1 aliphatic heterocycles. The molecule has 4 heterocycles. The van der Waals surface area contributed by atoms with Crippen LogP contribution in [0.1, 0.15) is 28.8 Å². The molecule has 1 aliphatic rings. The third-order valence-electron chi connectivity index (χ3n) is 5.42. The van der Waals surface area contributed by atoms with Crippen molar-refractivity contribution in [2.75, 3.05) is 13.1 Å². The summed E-state index contributed by atoms with van der Waals surface area (Å²) in [6, 6.07) is 10.0. The summed E-state index contributed by atoms with van der Waals surface area (Å²) in [5, 5.41) is 4.90. The first-order valence-corrected chi connectivity index (χ1v) is 9.50. The summed E-state index contributed by atoms with van der Waals surface area (Å²) in [7, 11) is 0. The number of benzene rings is 1. The molecule has 3 aromatic heterocycles. The number of carbonyl (C=O) groups is 1. The summed E-state index contributed by atoms with van der Waals surface area (Å²) in [5.74, 6) is 0.712. The van der Waals surface area contributed by atoms with E-state index in [1.54, 1.807) is 12.4 Å². The lowest BCUT2D eigenvalue weighted by Crippen LogP contribution is -2.27. The van der Waals surface area contributed by atoms with E-state index in [1.807, 2.05) is 29.3 Å². The second kappa shape index (κ2) is 6.64. The van der Waals surface area contributed by atoms with E-state index >= 15 is 0 Å². The van der Waals surface area contributed by atoms with Gasteiger partial charge in [0, 0.05) is 42.0 Å². The molecule has 1 amide bonds. The maximum atomic E-state index is 12.8. The molecule has 0 saturated carbocycles. The van der Waals surface area contributed by atoms with E-state index < -0.39 is 0 Å². The van der Waals surface area contributed by atoms with E-state index in [9.17, 15) is 4.79 Å². The fourth-order valence-corrected chi connectivity index (χ4v) is 3.91. The fraction of sp³-hybridized carbons (Fsp3) is 0.227. The zero-order chi connectivity index (χ0) is 19.1. The Labute approximate surface area is 162 Å². The van der Waals surface area contributed by atoms with Crippen molar-refractivity contribution in [3.63, 3.8) is 0 Å². The molecule has 0 bridgehead atoms. The SMILES string of the molecule is Cc1ccccc1-c1cnoc1-c1c[nH]c2ncc(C(=O)N3CCCC3)cc12. The maximum Gasteiger partial charge on any atom is 0.255 e. The number of nitrogens with zero attached hydrogens (tertiary/aromatic N) is 3. The number of nitrogens with one attached hydrogen (secondary N) is 1. The molecule has 0 unspecified atom stereocenters. The third-order valence-corrected chi connectivity index (χ3v) is 5.42. The first-order valence-electron chi connectivity index (χ1n) is 9.50. The monoisotopic (exact) mass is 372 g/mol. The topological polar surface area (TPSA) is 75.0 Å². The zero-order valence-electron chi connectivity index (χ0n) is 15.6. The smallest absolute Gasteiger partial charge is 0.255 e. The summed E-state index contributed by atoms with van der Waals surface area (Å²) in [5.41, 5.74) is 5.33. The molecule has 1 aromatic carbocycles. The summed E-state index contributed by atoms with van der Waals surface area (Å²) >= 11 is 0. The van der Waals surface area contributed by atoms with Gasteiger partial charge < -0.3 is 14.4 Å². The van der Waals surface area contributed by atoms with Crippen LogP contribution in [-0.4, -0.2) is 39.0 Å². The molecule has 1 saturated heterocycles. The number of rotatable bonds is 3. The molecule has 0 radical (unpaired) electrons. The number of carbonyl (C=O) groups excluding carboxylic acids is 1. The van der Waals surface area contributed by atoms with Gasteiger partial charge in [-0.2, -0.15) is 0 Å². The van der Waals surface area contributed by atoms with Gasteiger partial charge >= 0.3 is 0 Å². The Morgan fingerprint density at radius 1 is 1.11 bits per heavy atom. The van der Waals surface area contributed by atoms with Crippen molar-refractivity contribution in [2.24, 2.45) is 0 Å². The van der Waals surface area contributed by atoms with Crippen LogP contribution in [0, 0.1) is 6.92 Å². The van der Waals surface area contributed by atoms with Crippen molar-refractivity contribution < 1.29 is 9.32 Å². The number of pyridine rings is 1. The van der Waals surface area contributed by atoms with Crippen LogP contribution in [-0.2, 0) is 0 Å². The number of likely N-dealkylation sites (tertiary alicyclic amines) is 1. The van der Waals surface area contributed by atoms with Crippen LogP contribution in [0.2, 0.25) is 0 Å². The second-order valence-corrected chi connectivity index (χ2v) is 7.21. The van der Waals surface area contributed by atoms with Gasteiger partial charge in [0.1, 0.15) is 5.65 Å². The van der Waals surface area contributed by atoms with Gasteiger partial charge in [0.2, 0.25) is 0 Å². The number of H-pyrrole nitrogens is 1. The van der Waals surface area contributed by atoms with E-state index in [1.165, 1.54) is 0 Å². The van der Waals surface area contributed by atoms with Crippen molar-refractivity contribution in [2.45, 2.75) is 19.8 Å². The van der Waals surface area contributed by atoms with Crippen LogP contribution < -0.4 is 0 Å². The minimum absolute atomic E-state index is 0.0377. The molecule has 28 heavy (non-hydrogen) atoms. The molecule has 5 rings (SSSR count). The highest BCUT2D eigenvalue weighted by Crippen LogP contribution is 2.37. The Kier molecular flexibility index (Phi) is 3.97. The maximum absolute atomic E-state index is 12.8. The van der Waals surface area contributed by atoms with Gasteiger partial charge in [-0.3, -0.25) is 4.79 Å². The molecule has 0 spiro atoms. The van der Waals surface area contributed by atoms with Crippen molar-refractivity contribution in [3.8, 4) is 22.5 Å². The van der Waals surface area contributed by atoms with E-state index in [-0.39, 0.29) is 5.91 Å². The number of aryl methyl sites for hydroxylation is 1. The van der Waals surface area contributed by atoms with Gasteiger partial charge in [0.05, 0.1) is 11.8 Å². The highest BCUT2D eigenvalue weighted by molar-refractivity contribution is 6.02. The Hall–Kier alpha value is -3.41. The highest BCUT2D eigenvalue weighted by Gasteiger charge is 2.22. The summed E-state index contributed by atoms with van der Waals surface area (Å²) in [4.78, 5) is 22.3. The summed E-state index contributed by atoms with van der Waals surface area (Å²) in [6.45, 7) is 3.70. The Bertz CT molecular complexity index is 1170. The van der Waals surface area contributed by atoms with Gasteiger partial charge in [-0.05, 0) is 37.0 Å².